The third-order valence-electron chi connectivity index (χ3n) is 2.97. The Balaban J connectivity index is 2.08. The molecule has 0 N–H and O–H groups in total. The lowest BCUT2D eigenvalue weighted by Gasteiger charge is -2.06. The molecule has 0 spiro atoms. The predicted molar refractivity (Wildman–Crippen MR) is 84.1 cm³/mol. The average molecular weight is 316 g/mol. The number of rotatable bonds is 4. The van der Waals surface area contributed by atoms with Crippen molar-refractivity contribution in [3.05, 3.63) is 65.0 Å². The van der Waals surface area contributed by atoms with E-state index in [4.69, 9.17) is 0 Å². The van der Waals surface area contributed by atoms with E-state index >= 15 is 0 Å². The summed E-state index contributed by atoms with van der Waals surface area (Å²) in [4.78, 5) is 12.5. The lowest BCUT2D eigenvalue weighted by molar-refractivity contribution is 0.626. The Hall–Kier alpha value is -2.41. The number of hydrogen-bond donors (Lipinski definition) is 0. The molecule has 1 aromatic carbocycles. The molecule has 0 aliphatic carbocycles. The Kier molecular flexibility index (Phi) is 3.81. The van der Waals surface area contributed by atoms with Gasteiger partial charge < -0.3 is 0 Å². The van der Waals surface area contributed by atoms with Gasteiger partial charge in [-0.25, -0.2) is 4.39 Å². The van der Waals surface area contributed by atoms with E-state index in [1.807, 2.05) is 6.92 Å². The summed E-state index contributed by atoms with van der Waals surface area (Å²) in [6.07, 6.45) is 3.28. The number of fused-ring (bicyclic) bond motifs is 1. The van der Waals surface area contributed by atoms with Crippen molar-refractivity contribution in [1.29, 1.82) is 0 Å². The first kappa shape index (κ1) is 14.5. The van der Waals surface area contributed by atoms with E-state index in [1.54, 1.807) is 28.9 Å². The van der Waals surface area contributed by atoms with Crippen LogP contribution in [0.25, 0.3) is 11.3 Å². The zero-order valence-corrected chi connectivity index (χ0v) is 12.7. The molecule has 0 amide bonds. The minimum atomic E-state index is -0.400. The summed E-state index contributed by atoms with van der Waals surface area (Å²) in [7, 11) is 0. The molecular weight excluding hydrogens is 303 g/mol. The molecule has 2 heterocycles. The fraction of sp³-hybridized carbons (Fsp3) is 0.133. The molecule has 5 nitrogen and oxygen atoms in total. The van der Waals surface area contributed by atoms with Crippen molar-refractivity contribution in [2.45, 2.75) is 12.1 Å². The van der Waals surface area contributed by atoms with Gasteiger partial charge in [-0.3, -0.25) is 13.8 Å². The number of thioether (sulfide) groups is 1. The zero-order valence-electron chi connectivity index (χ0n) is 11.9. The van der Waals surface area contributed by atoms with E-state index in [0.29, 0.717) is 16.6 Å². The van der Waals surface area contributed by atoms with Gasteiger partial charge >= 0.3 is 5.56 Å². The first-order valence-corrected chi connectivity index (χ1v) is 7.54. The van der Waals surface area contributed by atoms with Gasteiger partial charge in [0.1, 0.15) is 5.82 Å². The van der Waals surface area contributed by atoms with Crippen LogP contribution in [0.3, 0.4) is 0 Å². The average Bonchev–Trinajstić information content (AvgIpc) is 2.89. The van der Waals surface area contributed by atoms with Gasteiger partial charge in [0.05, 0.1) is 5.69 Å². The maximum Gasteiger partial charge on any atom is 0.300 e. The number of benzene rings is 1. The van der Waals surface area contributed by atoms with E-state index in [9.17, 15) is 9.18 Å². The molecule has 3 rings (SSSR count). The summed E-state index contributed by atoms with van der Waals surface area (Å²) in [6, 6.07) is 5.84. The predicted octanol–water partition coefficient (Wildman–Crippen LogP) is 2.69. The van der Waals surface area contributed by atoms with Crippen molar-refractivity contribution >= 4 is 17.4 Å². The Morgan fingerprint density at radius 3 is 2.91 bits per heavy atom. The van der Waals surface area contributed by atoms with Crippen LogP contribution in [0.4, 0.5) is 4.39 Å². The fourth-order valence-corrected chi connectivity index (χ4v) is 2.74. The van der Waals surface area contributed by atoms with E-state index in [-0.39, 0.29) is 11.2 Å². The van der Waals surface area contributed by atoms with E-state index in [0.717, 1.165) is 5.57 Å². The van der Waals surface area contributed by atoms with Gasteiger partial charge in [-0.1, -0.05) is 30.0 Å². The molecule has 0 unspecified atom stereocenters. The topological polar surface area (TPSA) is 52.2 Å². The van der Waals surface area contributed by atoms with Crippen LogP contribution in [0.5, 0.6) is 0 Å². The summed E-state index contributed by atoms with van der Waals surface area (Å²) in [5, 5.41) is 8.59. The van der Waals surface area contributed by atoms with Crippen LogP contribution >= 0.6 is 11.8 Å². The van der Waals surface area contributed by atoms with Crippen molar-refractivity contribution in [3.8, 4) is 5.69 Å². The number of hydrogen-bond acceptors (Lipinski definition) is 4. The second-order valence-corrected chi connectivity index (χ2v) is 5.82. The molecule has 22 heavy (non-hydrogen) atoms. The van der Waals surface area contributed by atoms with Gasteiger partial charge in [0.2, 0.25) is 5.65 Å². The second-order valence-electron chi connectivity index (χ2n) is 4.88. The van der Waals surface area contributed by atoms with Crippen LogP contribution in [-0.4, -0.2) is 24.9 Å². The van der Waals surface area contributed by atoms with Crippen molar-refractivity contribution in [2.24, 2.45) is 0 Å². The smallest absolute Gasteiger partial charge is 0.279 e. The normalized spacial score (nSPS) is 11.0. The molecule has 3 aromatic rings. The maximum absolute atomic E-state index is 13.3. The molecule has 0 atom stereocenters. The van der Waals surface area contributed by atoms with Crippen LogP contribution in [0.15, 0.2) is 58.8 Å². The van der Waals surface area contributed by atoms with Gasteiger partial charge in [0.15, 0.2) is 5.16 Å². The van der Waals surface area contributed by atoms with Crippen molar-refractivity contribution < 1.29 is 4.39 Å². The van der Waals surface area contributed by atoms with Crippen LogP contribution in [0, 0.1) is 5.82 Å². The van der Waals surface area contributed by atoms with Gasteiger partial charge in [-0.05, 0) is 25.1 Å². The van der Waals surface area contributed by atoms with Gasteiger partial charge in [-0.15, -0.1) is 10.2 Å². The van der Waals surface area contributed by atoms with Gasteiger partial charge in [0, 0.05) is 18.1 Å². The molecule has 0 radical (unpaired) electrons. The minimum absolute atomic E-state index is 0.205. The van der Waals surface area contributed by atoms with Crippen molar-refractivity contribution in [2.75, 3.05) is 5.75 Å². The molecular formula is C15H13FN4OS. The Labute approximate surface area is 130 Å². The molecule has 0 saturated heterocycles. The Morgan fingerprint density at radius 2 is 2.18 bits per heavy atom. The SMILES string of the molecule is C=C(C)CSc1nnc2c(=O)n(-c3cccc(F)c3)ccn12. The third kappa shape index (κ3) is 2.67. The lowest BCUT2D eigenvalue weighted by atomic mass is 10.3. The molecule has 0 aliphatic heterocycles. The van der Waals surface area contributed by atoms with Gasteiger partial charge in [0.25, 0.3) is 0 Å². The summed E-state index contributed by atoms with van der Waals surface area (Å²) >= 11 is 1.46. The van der Waals surface area contributed by atoms with Crippen LogP contribution < -0.4 is 5.56 Å². The lowest BCUT2D eigenvalue weighted by Crippen LogP contribution is -2.20. The molecule has 0 bridgehead atoms. The van der Waals surface area contributed by atoms with Crippen LogP contribution in [0.1, 0.15) is 6.92 Å². The summed E-state index contributed by atoms with van der Waals surface area (Å²) in [5.74, 6) is 0.303. The monoisotopic (exact) mass is 316 g/mol. The fourth-order valence-electron chi connectivity index (χ4n) is 1.98. The molecule has 0 fully saturated rings. The van der Waals surface area contributed by atoms with Crippen molar-refractivity contribution in [3.63, 3.8) is 0 Å². The Bertz CT molecular complexity index is 915. The third-order valence-corrected chi connectivity index (χ3v) is 4.15. The molecule has 0 aliphatic rings. The zero-order chi connectivity index (χ0) is 15.7. The molecule has 0 saturated carbocycles. The van der Waals surface area contributed by atoms with Crippen LogP contribution in [-0.2, 0) is 0 Å². The highest BCUT2D eigenvalue weighted by Crippen LogP contribution is 2.18. The molecule has 7 heteroatoms. The summed E-state index contributed by atoms with van der Waals surface area (Å²) < 4.78 is 16.3. The molecule has 2 aromatic heterocycles. The summed E-state index contributed by atoms with van der Waals surface area (Å²) in [5.41, 5.74) is 1.32. The minimum Gasteiger partial charge on any atom is -0.279 e. The highest BCUT2D eigenvalue weighted by Gasteiger charge is 2.12. The van der Waals surface area contributed by atoms with E-state index in [1.165, 1.54) is 28.5 Å². The first-order chi connectivity index (χ1) is 10.6. The first-order valence-electron chi connectivity index (χ1n) is 6.56. The standard InChI is InChI=1S/C15H13FN4OS/c1-10(2)9-22-15-18-17-13-14(21)19(6-7-20(13)15)12-5-3-4-11(16)8-12/h3-8H,1,9H2,2H3. The second kappa shape index (κ2) is 5.76. The number of aromatic nitrogens is 4. The van der Waals surface area contributed by atoms with Gasteiger partial charge in [-0.2, -0.15) is 0 Å². The quantitative estimate of drug-likeness (QED) is 0.548. The van der Waals surface area contributed by atoms with Crippen molar-refractivity contribution in [1.82, 2.24) is 19.2 Å². The van der Waals surface area contributed by atoms with E-state index < -0.39 is 5.82 Å². The van der Waals surface area contributed by atoms with E-state index in [2.05, 4.69) is 16.8 Å². The molecule has 112 valence electrons. The Morgan fingerprint density at radius 1 is 1.36 bits per heavy atom. The maximum atomic E-state index is 13.3. The summed E-state index contributed by atoms with van der Waals surface area (Å²) in [6.45, 7) is 5.76. The number of nitrogens with zero attached hydrogens (tertiary/aromatic N) is 4. The highest BCUT2D eigenvalue weighted by molar-refractivity contribution is 7.99. The van der Waals surface area contributed by atoms with Crippen LogP contribution in [0.2, 0.25) is 0 Å². The number of halogens is 1. The highest BCUT2D eigenvalue weighted by atomic mass is 32.2. The largest absolute Gasteiger partial charge is 0.300 e.